The first-order valence-electron chi connectivity index (χ1n) is 8.33. The van der Waals surface area contributed by atoms with Gasteiger partial charge in [0.05, 0.1) is 12.6 Å². The number of aliphatic hydroxyl groups is 2. The first-order chi connectivity index (χ1) is 12.7. The second kappa shape index (κ2) is 8.55. The Bertz CT molecular complexity index is 736. The zero-order valence-electron chi connectivity index (χ0n) is 14.1. The third-order valence-electron chi connectivity index (χ3n) is 4.00. The monoisotopic (exact) mass is 359 g/mol. The molecule has 0 aromatic heterocycles. The largest absolute Gasteiger partial charge is 0.486 e. The zero-order chi connectivity index (χ0) is 18.4. The van der Waals surface area contributed by atoms with Crippen molar-refractivity contribution in [1.82, 2.24) is 5.32 Å². The van der Waals surface area contributed by atoms with Gasteiger partial charge in [0, 0.05) is 0 Å². The number of amides is 1. The molecule has 2 aromatic rings. The van der Waals surface area contributed by atoms with Crippen LogP contribution < -0.4 is 14.8 Å². The van der Waals surface area contributed by atoms with Gasteiger partial charge in [-0.3, -0.25) is 0 Å². The number of benzene rings is 2. The Hall–Kier alpha value is -2.77. The lowest BCUT2D eigenvalue weighted by molar-refractivity contribution is 0.0759. The molecule has 1 heterocycles. The Kier molecular flexibility index (Phi) is 5.93. The van der Waals surface area contributed by atoms with E-state index in [4.69, 9.17) is 14.2 Å². The summed E-state index contributed by atoms with van der Waals surface area (Å²) in [4.78, 5) is 12.0. The van der Waals surface area contributed by atoms with E-state index in [1.165, 1.54) is 0 Å². The number of rotatable bonds is 6. The maximum Gasteiger partial charge on any atom is 0.407 e. The zero-order valence-corrected chi connectivity index (χ0v) is 14.1. The molecule has 0 fully saturated rings. The minimum atomic E-state index is -1.12. The maximum atomic E-state index is 12.0. The van der Waals surface area contributed by atoms with Crippen molar-refractivity contribution in [2.75, 3.05) is 19.8 Å². The fourth-order valence-corrected chi connectivity index (χ4v) is 2.62. The quantitative estimate of drug-likeness (QED) is 0.727. The molecule has 1 aliphatic heterocycles. The lowest BCUT2D eigenvalue weighted by atomic mass is 10.0. The van der Waals surface area contributed by atoms with Gasteiger partial charge in [0.2, 0.25) is 0 Å². The van der Waals surface area contributed by atoms with Gasteiger partial charge in [-0.1, -0.05) is 36.4 Å². The number of fused-ring (bicyclic) bond motifs is 1. The second-order valence-electron chi connectivity index (χ2n) is 5.84. The number of aliphatic hydroxyl groups excluding tert-OH is 2. The van der Waals surface area contributed by atoms with Gasteiger partial charge in [0.15, 0.2) is 11.5 Å². The van der Waals surface area contributed by atoms with Crippen LogP contribution in [-0.2, 0) is 11.3 Å². The highest BCUT2D eigenvalue weighted by Gasteiger charge is 2.24. The number of hydrogen-bond acceptors (Lipinski definition) is 6. The minimum absolute atomic E-state index is 0.102. The summed E-state index contributed by atoms with van der Waals surface area (Å²) in [7, 11) is 0. The summed E-state index contributed by atoms with van der Waals surface area (Å²) in [6.07, 6.45) is -1.84. The molecule has 0 saturated carbocycles. The van der Waals surface area contributed by atoms with E-state index < -0.39 is 24.8 Å². The van der Waals surface area contributed by atoms with E-state index in [2.05, 4.69) is 5.32 Å². The van der Waals surface area contributed by atoms with E-state index in [-0.39, 0.29) is 6.61 Å². The van der Waals surface area contributed by atoms with Gasteiger partial charge in [-0.2, -0.15) is 0 Å². The molecule has 0 unspecified atom stereocenters. The number of alkyl carbamates (subject to hydrolysis) is 1. The summed E-state index contributed by atoms with van der Waals surface area (Å²) in [5, 5.41) is 22.5. The van der Waals surface area contributed by atoms with Crippen LogP contribution in [0.25, 0.3) is 0 Å². The van der Waals surface area contributed by atoms with Crippen LogP contribution in [0, 0.1) is 0 Å². The molecule has 26 heavy (non-hydrogen) atoms. The summed E-state index contributed by atoms with van der Waals surface area (Å²) < 4.78 is 16.0. The SMILES string of the molecule is O=C(N[C@H](CO)[C@H](O)c1ccc2c(c1)OCCO2)OCc1ccccc1. The van der Waals surface area contributed by atoms with E-state index in [9.17, 15) is 15.0 Å². The number of ether oxygens (including phenoxy) is 3. The molecular formula is C19H21NO6. The van der Waals surface area contributed by atoms with Crippen LogP contribution in [-0.4, -0.2) is 42.2 Å². The molecular weight excluding hydrogens is 338 g/mol. The fourth-order valence-electron chi connectivity index (χ4n) is 2.62. The highest BCUT2D eigenvalue weighted by molar-refractivity contribution is 5.67. The fraction of sp³-hybridized carbons (Fsp3) is 0.316. The maximum absolute atomic E-state index is 12.0. The van der Waals surface area contributed by atoms with Crippen LogP contribution in [0.4, 0.5) is 4.79 Å². The summed E-state index contributed by atoms with van der Waals surface area (Å²) in [6.45, 7) is 0.560. The predicted octanol–water partition coefficient (Wildman–Crippen LogP) is 1.78. The van der Waals surface area contributed by atoms with Crippen LogP contribution in [0.1, 0.15) is 17.2 Å². The summed E-state index contributed by atoms with van der Waals surface area (Å²) in [5.41, 5.74) is 1.34. The highest BCUT2D eigenvalue weighted by Crippen LogP contribution is 2.33. The van der Waals surface area contributed by atoms with Crippen molar-refractivity contribution in [3.05, 3.63) is 59.7 Å². The molecule has 0 bridgehead atoms. The Labute approximate surface area is 151 Å². The number of carbonyl (C=O) groups excluding carboxylic acids is 1. The van der Waals surface area contributed by atoms with Gasteiger partial charge < -0.3 is 29.7 Å². The van der Waals surface area contributed by atoms with E-state index in [0.29, 0.717) is 30.3 Å². The Morgan fingerprint density at radius 1 is 1.12 bits per heavy atom. The Morgan fingerprint density at radius 3 is 2.58 bits per heavy atom. The third-order valence-corrected chi connectivity index (χ3v) is 4.00. The Balaban J connectivity index is 1.59. The predicted molar refractivity (Wildman–Crippen MR) is 93.0 cm³/mol. The molecule has 7 heteroatoms. The Morgan fingerprint density at radius 2 is 1.85 bits per heavy atom. The van der Waals surface area contributed by atoms with Gasteiger partial charge in [0.25, 0.3) is 0 Å². The number of hydrogen-bond donors (Lipinski definition) is 3. The van der Waals surface area contributed by atoms with Crippen molar-refractivity contribution < 1.29 is 29.2 Å². The van der Waals surface area contributed by atoms with Gasteiger partial charge in [-0.15, -0.1) is 0 Å². The molecule has 138 valence electrons. The lowest BCUT2D eigenvalue weighted by Crippen LogP contribution is -2.42. The van der Waals surface area contributed by atoms with Crippen molar-refractivity contribution in [1.29, 1.82) is 0 Å². The van der Waals surface area contributed by atoms with Crippen LogP contribution in [0.2, 0.25) is 0 Å². The number of carbonyl (C=O) groups is 1. The van der Waals surface area contributed by atoms with Crippen LogP contribution in [0.5, 0.6) is 11.5 Å². The lowest BCUT2D eigenvalue weighted by Gasteiger charge is -2.24. The van der Waals surface area contributed by atoms with Crippen molar-refractivity contribution in [2.45, 2.75) is 18.8 Å². The average molecular weight is 359 g/mol. The normalized spacial score (nSPS) is 15.0. The molecule has 7 nitrogen and oxygen atoms in total. The summed E-state index contributed by atoms with van der Waals surface area (Å²) in [6, 6.07) is 13.3. The molecule has 2 atom stereocenters. The molecule has 3 rings (SSSR count). The standard InChI is InChI=1S/C19H21NO6/c21-11-15(20-19(23)26-12-13-4-2-1-3-5-13)18(22)14-6-7-16-17(10-14)25-9-8-24-16/h1-7,10,15,18,21-22H,8-9,11-12H2,(H,20,23)/t15-,18-/m1/s1. The molecule has 2 aromatic carbocycles. The molecule has 0 radical (unpaired) electrons. The smallest absolute Gasteiger partial charge is 0.407 e. The van der Waals surface area contributed by atoms with E-state index in [1.54, 1.807) is 18.2 Å². The molecule has 3 N–H and O–H groups in total. The van der Waals surface area contributed by atoms with Gasteiger partial charge in [-0.05, 0) is 23.3 Å². The second-order valence-corrected chi connectivity index (χ2v) is 5.84. The first kappa shape index (κ1) is 18.0. The van der Waals surface area contributed by atoms with E-state index in [1.807, 2.05) is 30.3 Å². The van der Waals surface area contributed by atoms with Gasteiger partial charge in [-0.25, -0.2) is 4.79 Å². The summed E-state index contributed by atoms with van der Waals surface area (Å²) in [5.74, 6) is 1.12. The number of nitrogens with one attached hydrogen (secondary N) is 1. The van der Waals surface area contributed by atoms with Crippen LogP contribution in [0.15, 0.2) is 48.5 Å². The highest BCUT2D eigenvalue weighted by atomic mass is 16.6. The van der Waals surface area contributed by atoms with Crippen molar-refractivity contribution >= 4 is 6.09 Å². The molecule has 1 amide bonds. The van der Waals surface area contributed by atoms with Crippen molar-refractivity contribution in [2.24, 2.45) is 0 Å². The van der Waals surface area contributed by atoms with E-state index >= 15 is 0 Å². The molecule has 0 aliphatic carbocycles. The van der Waals surface area contributed by atoms with Crippen LogP contribution >= 0.6 is 0 Å². The minimum Gasteiger partial charge on any atom is -0.486 e. The van der Waals surface area contributed by atoms with Crippen molar-refractivity contribution in [3.8, 4) is 11.5 Å². The molecule has 1 aliphatic rings. The summed E-state index contributed by atoms with van der Waals surface area (Å²) >= 11 is 0. The van der Waals surface area contributed by atoms with Gasteiger partial charge in [0.1, 0.15) is 25.9 Å². The van der Waals surface area contributed by atoms with Crippen molar-refractivity contribution in [3.63, 3.8) is 0 Å². The molecule has 0 spiro atoms. The molecule has 0 saturated heterocycles. The van der Waals surface area contributed by atoms with Gasteiger partial charge >= 0.3 is 6.09 Å². The average Bonchev–Trinajstić information content (AvgIpc) is 2.70. The van der Waals surface area contributed by atoms with E-state index in [0.717, 1.165) is 5.56 Å². The third kappa shape index (κ3) is 4.44. The van der Waals surface area contributed by atoms with Crippen LogP contribution in [0.3, 0.4) is 0 Å². The first-order valence-corrected chi connectivity index (χ1v) is 8.33. The topological polar surface area (TPSA) is 97.3 Å².